The summed E-state index contributed by atoms with van der Waals surface area (Å²) in [5, 5.41) is 0. The van der Waals surface area contributed by atoms with E-state index in [-0.39, 0.29) is 0 Å². The molecule has 0 bridgehead atoms. The van der Waals surface area contributed by atoms with Crippen LogP contribution in [0.3, 0.4) is 0 Å². The van der Waals surface area contributed by atoms with Crippen molar-refractivity contribution in [3.8, 4) is 5.88 Å². The van der Waals surface area contributed by atoms with Crippen LogP contribution in [0.15, 0.2) is 36.5 Å². The van der Waals surface area contributed by atoms with Gasteiger partial charge in [0.15, 0.2) is 0 Å². The van der Waals surface area contributed by atoms with Gasteiger partial charge < -0.3 is 15.4 Å². The Morgan fingerprint density at radius 1 is 1.25 bits per heavy atom. The number of nitrogens with zero attached hydrogens (tertiary/aromatic N) is 3. The van der Waals surface area contributed by atoms with Gasteiger partial charge in [-0.25, -0.2) is 4.98 Å². The first-order valence-electron chi connectivity index (χ1n) is 6.78. The molecule has 5 heteroatoms. The zero-order chi connectivity index (χ0) is 14.4. The van der Waals surface area contributed by atoms with Crippen LogP contribution >= 0.6 is 0 Å². The molecule has 0 aliphatic rings. The van der Waals surface area contributed by atoms with Gasteiger partial charge in [-0.2, -0.15) is 4.98 Å². The fourth-order valence-corrected chi connectivity index (χ4v) is 1.95. The molecule has 0 spiro atoms. The van der Waals surface area contributed by atoms with Gasteiger partial charge in [0.25, 0.3) is 0 Å². The molecule has 0 fully saturated rings. The predicted molar refractivity (Wildman–Crippen MR) is 80.8 cm³/mol. The predicted octanol–water partition coefficient (Wildman–Crippen LogP) is 2.48. The van der Waals surface area contributed by atoms with Crippen LogP contribution in [-0.2, 0) is 6.54 Å². The van der Waals surface area contributed by atoms with Crippen molar-refractivity contribution in [2.75, 3.05) is 23.8 Å². The minimum Gasteiger partial charge on any atom is -0.478 e. The summed E-state index contributed by atoms with van der Waals surface area (Å²) in [6, 6.07) is 9.61. The highest BCUT2D eigenvalue weighted by atomic mass is 16.5. The Hall–Kier alpha value is -2.30. The maximum absolute atomic E-state index is 5.81. The molecule has 2 rings (SSSR count). The van der Waals surface area contributed by atoms with Crippen LogP contribution in [0.5, 0.6) is 5.88 Å². The number of anilines is 2. The van der Waals surface area contributed by atoms with Crippen molar-refractivity contribution in [2.45, 2.75) is 20.4 Å². The molecule has 0 amide bonds. The zero-order valence-electron chi connectivity index (χ0n) is 11.9. The number of hydrogen-bond acceptors (Lipinski definition) is 5. The van der Waals surface area contributed by atoms with Gasteiger partial charge in [0.1, 0.15) is 0 Å². The van der Waals surface area contributed by atoms with Crippen molar-refractivity contribution in [3.63, 3.8) is 0 Å². The summed E-state index contributed by atoms with van der Waals surface area (Å²) in [5.41, 5.74) is 7.71. The molecule has 0 aliphatic carbocycles. The van der Waals surface area contributed by atoms with Gasteiger partial charge in [-0.05, 0) is 31.5 Å². The molecule has 0 radical (unpaired) electrons. The standard InChI is InChI=1S/C15H20N4O/c1-3-19(11-12-6-5-7-13(16)10-12)15-17-9-8-14(18-15)20-4-2/h5-10H,3-4,11,16H2,1-2H3. The van der Waals surface area contributed by atoms with Crippen LogP contribution in [0.4, 0.5) is 11.6 Å². The lowest BCUT2D eigenvalue weighted by molar-refractivity contribution is 0.326. The van der Waals surface area contributed by atoms with E-state index < -0.39 is 0 Å². The number of ether oxygens (including phenoxy) is 1. The number of nitrogens with two attached hydrogens (primary N) is 1. The highest BCUT2D eigenvalue weighted by Gasteiger charge is 2.09. The molecule has 0 unspecified atom stereocenters. The summed E-state index contributed by atoms with van der Waals surface area (Å²) in [7, 11) is 0. The molecule has 0 saturated heterocycles. The number of nitrogen functional groups attached to an aromatic ring is 1. The maximum Gasteiger partial charge on any atom is 0.228 e. The molecule has 0 atom stereocenters. The number of hydrogen-bond donors (Lipinski definition) is 1. The van der Waals surface area contributed by atoms with Gasteiger partial charge in [-0.1, -0.05) is 12.1 Å². The van der Waals surface area contributed by atoms with Gasteiger partial charge in [0, 0.05) is 31.0 Å². The lowest BCUT2D eigenvalue weighted by Crippen LogP contribution is -2.24. The Bertz CT molecular complexity index is 559. The van der Waals surface area contributed by atoms with Gasteiger partial charge in [-0.3, -0.25) is 0 Å². The number of benzene rings is 1. The van der Waals surface area contributed by atoms with Gasteiger partial charge in [-0.15, -0.1) is 0 Å². The quantitative estimate of drug-likeness (QED) is 0.818. The summed E-state index contributed by atoms with van der Waals surface area (Å²) in [4.78, 5) is 10.8. The SMILES string of the molecule is CCOc1ccnc(N(CC)Cc2cccc(N)c2)n1. The zero-order valence-corrected chi connectivity index (χ0v) is 11.9. The first kappa shape index (κ1) is 14.1. The first-order chi connectivity index (χ1) is 9.72. The molecule has 1 heterocycles. The van der Waals surface area contributed by atoms with Crippen LogP contribution in [0.1, 0.15) is 19.4 Å². The fourth-order valence-electron chi connectivity index (χ4n) is 1.95. The van der Waals surface area contributed by atoms with Crippen LogP contribution in [-0.4, -0.2) is 23.1 Å². The highest BCUT2D eigenvalue weighted by Crippen LogP contribution is 2.16. The normalized spacial score (nSPS) is 10.3. The monoisotopic (exact) mass is 272 g/mol. The Kier molecular flexibility index (Phi) is 4.76. The molecule has 0 saturated carbocycles. The van der Waals surface area contributed by atoms with Gasteiger partial charge >= 0.3 is 0 Å². The molecule has 106 valence electrons. The summed E-state index contributed by atoms with van der Waals surface area (Å²) in [5.74, 6) is 1.27. The third kappa shape index (κ3) is 3.60. The van der Waals surface area contributed by atoms with Crippen molar-refractivity contribution in [3.05, 3.63) is 42.1 Å². The second-order valence-corrected chi connectivity index (χ2v) is 4.39. The van der Waals surface area contributed by atoms with Crippen molar-refractivity contribution < 1.29 is 4.74 Å². The average molecular weight is 272 g/mol. The molecular weight excluding hydrogens is 252 g/mol. The third-order valence-corrected chi connectivity index (χ3v) is 2.90. The molecule has 5 nitrogen and oxygen atoms in total. The largest absolute Gasteiger partial charge is 0.478 e. The maximum atomic E-state index is 5.81. The summed E-state index contributed by atoms with van der Waals surface area (Å²) < 4.78 is 5.41. The van der Waals surface area contributed by atoms with Gasteiger partial charge in [0.2, 0.25) is 11.8 Å². The molecule has 20 heavy (non-hydrogen) atoms. The lowest BCUT2D eigenvalue weighted by atomic mass is 10.2. The van der Waals surface area contributed by atoms with E-state index in [9.17, 15) is 0 Å². The van der Waals surface area contributed by atoms with Crippen molar-refractivity contribution in [2.24, 2.45) is 0 Å². The van der Waals surface area contributed by atoms with E-state index in [1.54, 1.807) is 12.3 Å². The van der Waals surface area contributed by atoms with Crippen molar-refractivity contribution in [1.29, 1.82) is 0 Å². The van der Waals surface area contributed by atoms with Crippen LogP contribution in [0.25, 0.3) is 0 Å². The van der Waals surface area contributed by atoms with E-state index in [4.69, 9.17) is 10.5 Å². The molecule has 1 aromatic carbocycles. The molecule has 2 N–H and O–H groups in total. The van der Waals surface area contributed by atoms with E-state index in [0.29, 0.717) is 18.4 Å². The van der Waals surface area contributed by atoms with E-state index in [2.05, 4.69) is 21.8 Å². The highest BCUT2D eigenvalue weighted by molar-refractivity contribution is 5.42. The molecule has 2 aromatic rings. The van der Waals surface area contributed by atoms with Crippen LogP contribution < -0.4 is 15.4 Å². The van der Waals surface area contributed by atoms with E-state index in [1.807, 2.05) is 31.2 Å². The second-order valence-electron chi connectivity index (χ2n) is 4.39. The van der Waals surface area contributed by atoms with Crippen molar-refractivity contribution >= 4 is 11.6 Å². The summed E-state index contributed by atoms with van der Waals surface area (Å²) >= 11 is 0. The van der Waals surface area contributed by atoms with Crippen molar-refractivity contribution in [1.82, 2.24) is 9.97 Å². The third-order valence-electron chi connectivity index (χ3n) is 2.90. The fraction of sp³-hybridized carbons (Fsp3) is 0.333. The van der Waals surface area contributed by atoms with E-state index in [0.717, 1.165) is 24.3 Å². The average Bonchev–Trinajstić information content (AvgIpc) is 2.45. The van der Waals surface area contributed by atoms with Crippen LogP contribution in [0.2, 0.25) is 0 Å². The van der Waals surface area contributed by atoms with E-state index >= 15 is 0 Å². The minimum absolute atomic E-state index is 0.595. The Balaban J connectivity index is 2.17. The Morgan fingerprint density at radius 3 is 2.80 bits per heavy atom. The number of rotatable bonds is 6. The second kappa shape index (κ2) is 6.75. The number of aromatic nitrogens is 2. The minimum atomic E-state index is 0.595. The molecule has 1 aromatic heterocycles. The molecule has 0 aliphatic heterocycles. The smallest absolute Gasteiger partial charge is 0.228 e. The summed E-state index contributed by atoms with van der Waals surface area (Å²) in [6.45, 7) is 6.13. The molecular formula is C15H20N4O. The van der Waals surface area contributed by atoms with E-state index in [1.165, 1.54) is 0 Å². The Labute approximate surface area is 119 Å². The first-order valence-corrected chi connectivity index (χ1v) is 6.78. The van der Waals surface area contributed by atoms with Gasteiger partial charge in [0.05, 0.1) is 6.61 Å². The Morgan fingerprint density at radius 2 is 2.10 bits per heavy atom. The van der Waals surface area contributed by atoms with Crippen LogP contribution in [0, 0.1) is 0 Å². The summed E-state index contributed by atoms with van der Waals surface area (Å²) in [6.07, 6.45) is 1.72. The lowest BCUT2D eigenvalue weighted by Gasteiger charge is -2.21. The topological polar surface area (TPSA) is 64.3 Å².